The van der Waals surface area contributed by atoms with Gasteiger partial charge in [0.2, 0.25) is 0 Å². The quantitative estimate of drug-likeness (QED) is 0.889. The summed E-state index contributed by atoms with van der Waals surface area (Å²) in [4.78, 5) is 19.3. The maximum absolute atomic E-state index is 13.2. The number of morpholine rings is 1. The highest BCUT2D eigenvalue weighted by Gasteiger charge is 2.48. The van der Waals surface area contributed by atoms with Crippen LogP contribution in [-0.2, 0) is 9.53 Å². The predicted octanol–water partition coefficient (Wildman–Crippen LogP) is 2.00. The summed E-state index contributed by atoms with van der Waals surface area (Å²) in [5.74, 6) is 0.0864. The average Bonchev–Trinajstić information content (AvgIpc) is 3.12. The Kier molecular flexibility index (Phi) is 4.69. The molecule has 1 amide bonds. The number of halogens is 1. The largest absolute Gasteiger partial charge is 0.393 e. The minimum Gasteiger partial charge on any atom is -0.393 e. The van der Waals surface area contributed by atoms with Gasteiger partial charge in [-0.1, -0.05) is 6.07 Å². The minimum atomic E-state index is -0.800. The number of aliphatic hydroxyl groups is 1. The molecule has 1 unspecified atom stereocenters. The van der Waals surface area contributed by atoms with Crippen LogP contribution in [-0.4, -0.2) is 55.5 Å². The number of aromatic nitrogens is 3. The van der Waals surface area contributed by atoms with Gasteiger partial charge >= 0.3 is 0 Å². The molecule has 1 saturated carbocycles. The first kappa shape index (κ1) is 18.1. The summed E-state index contributed by atoms with van der Waals surface area (Å²) in [5, 5.41) is 13.7. The smallest absolute Gasteiger partial charge is 0.255 e. The molecule has 7 nitrogen and oxygen atoms in total. The van der Waals surface area contributed by atoms with Crippen LogP contribution in [0.25, 0.3) is 5.82 Å². The molecule has 1 aliphatic heterocycles. The molecule has 0 radical (unpaired) electrons. The summed E-state index contributed by atoms with van der Waals surface area (Å²) in [6.45, 7) is 2.99. The van der Waals surface area contributed by atoms with E-state index in [-0.39, 0.29) is 18.1 Å². The van der Waals surface area contributed by atoms with E-state index < -0.39 is 11.4 Å². The number of rotatable bonds is 3. The second-order valence-electron chi connectivity index (χ2n) is 7.30. The minimum absolute atomic E-state index is 0.00799. The van der Waals surface area contributed by atoms with E-state index in [1.165, 1.54) is 10.9 Å². The van der Waals surface area contributed by atoms with E-state index in [4.69, 9.17) is 4.74 Å². The average molecular weight is 374 g/mol. The first-order valence-electron chi connectivity index (χ1n) is 9.28. The highest BCUT2D eigenvalue weighted by molar-refractivity contribution is 5.86. The number of ether oxygens (including phenoxy) is 1. The van der Waals surface area contributed by atoms with E-state index in [1.54, 1.807) is 12.3 Å². The third-order valence-electron chi connectivity index (χ3n) is 5.63. The Morgan fingerprint density at radius 1 is 1.33 bits per heavy atom. The Labute approximate surface area is 156 Å². The fourth-order valence-corrected chi connectivity index (χ4v) is 3.95. The number of carbonyl (C=O) groups is 1. The molecule has 0 aromatic carbocycles. The van der Waals surface area contributed by atoms with Crippen LogP contribution in [0.3, 0.4) is 0 Å². The molecule has 4 rings (SSSR count). The van der Waals surface area contributed by atoms with Gasteiger partial charge in [-0.15, -0.1) is 0 Å². The van der Waals surface area contributed by atoms with Gasteiger partial charge < -0.3 is 14.7 Å². The highest BCUT2D eigenvalue weighted by atomic mass is 19.1. The summed E-state index contributed by atoms with van der Waals surface area (Å²) in [6, 6.07) is 3.49. The van der Waals surface area contributed by atoms with Crippen molar-refractivity contribution in [3.8, 4) is 5.82 Å². The third kappa shape index (κ3) is 3.35. The van der Waals surface area contributed by atoms with Crippen LogP contribution in [0.15, 0.2) is 30.7 Å². The van der Waals surface area contributed by atoms with Crippen LogP contribution in [0.2, 0.25) is 0 Å². The summed E-state index contributed by atoms with van der Waals surface area (Å²) >= 11 is 0. The molecule has 8 heteroatoms. The van der Waals surface area contributed by atoms with Gasteiger partial charge in [0, 0.05) is 12.7 Å². The molecule has 144 valence electrons. The van der Waals surface area contributed by atoms with Crippen LogP contribution in [0.5, 0.6) is 0 Å². The van der Waals surface area contributed by atoms with Gasteiger partial charge in [0.15, 0.2) is 11.6 Å². The number of pyridine rings is 1. The Hall–Kier alpha value is -2.32. The van der Waals surface area contributed by atoms with Gasteiger partial charge in [0.1, 0.15) is 5.60 Å². The van der Waals surface area contributed by atoms with Gasteiger partial charge in [-0.25, -0.2) is 14.1 Å². The molecule has 2 aromatic rings. The Bertz CT molecular complexity index is 815. The van der Waals surface area contributed by atoms with Crippen molar-refractivity contribution in [2.24, 2.45) is 0 Å². The fraction of sp³-hybridized carbons (Fsp3) is 0.526. The zero-order valence-electron chi connectivity index (χ0n) is 15.2. The van der Waals surface area contributed by atoms with E-state index in [1.807, 2.05) is 17.9 Å². The molecule has 2 aromatic heterocycles. The van der Waals surface area contributed by atoms with Gasteiger partial charge in [0.25, 0.3) is 5.91 Å². The fourth-order valence-electron chi connectivity index (χ4n) is 3.95. The Morgan fingerprint density at radius 3 is 2.74 bits per heavy atom. The molecular formula is C19H23FN4O3. The first-order chi connectivity index (χ1) is 13.0. The normalized spacial score (nSPS) is 27.1. The standard InChI is InChI=1S/C19H23FN4O3/c1-13(14-2-3-17(21-10-14)24-12-15(20)11-22-24)23-8-9-27-19(18(23)26)6-4-16(25)5-7-19/h2-3,10-13,16,25H,4-9H2,1H3. The monoisotopic (exact) mass is 374 g/mol. The van der Waals surface area contributed by atoms with E-state index in [2.05, 4.69) is 10.1 Å². The molecular weight excluding hydrogens is 351 g/mol. The lowest BCUT2D eigenvalue weighted by Crippen LogP contribution is -2.58. The van der Waals surface area contributed by atoms with Gasteiger partial charge in [-0.3, -0.25) is 4.79 Å². The molecule has 3 heterocycles. The second-order valence-corrected chi connectivity index (χ2v) is 7.30. The van der Waals surface area contributed by atoms with Gasteiger partial charge in [-0.2, -0.15) is 5.10 Å². The molecule has 2 aliphatic rings. The summed E-state index contributed by atoms with van der Waals surface area (Å²) in [7, 11) is 0. The molecule has 1 N–H and O–H groups in total. The van der Waals surface area contributed by atoms with Crippen molar-refractivity contribution in [1.82, 2.24) is 19.7 Å². The van der Waals surface area contributed by atoms with Crippen LogP contribution in [0.4, 0.5) is 4.39 Å². The summed E-state index contributed by atoms with van der Waals surface area (Å²) in [5.41, 5.74) is 0.0960. The van der Waals surface area contributed by atoms with Crippen molar-refractivity contribution in [2.75, 3.05) is 13.2 Å². The number of amides is 1. The highest BCUT2D eigenvalue weighted by Crippen LogP contribution is 2.38. The lowest BCUT2D eigenvalue weighted by molar-refractivity contribution is -0.183. The van der Waals surface area contributed by atoms with Crippen LogP contribution < -0.4 is 0 Å². The number of carbonyl (C=O) groups excluding carboxylic acids is 1. The molecule has 2 fully saturated rings. The lowest BCUT2D eigenvalue weighted by atomic mass is 9.81. The van der Waals surface area contributed by atoms with Crippen LogP contribution in [0, 0.1) is 5.82 Å². The van der Waals surface area contributed by atoms with E-state index in [0.29, 0.717) is 44.7 Å². The Morgan fingerprint density at radius 2 is 2.11 bits per heavy atom. The first-order valence-corrected chi connectivity index (χ1v) is 9.28. The molecule has 1 saturated heterocycles. The van der Waals surface area contributed by atoms with Crippen LogP contribution >= 0.6 is 0 Å². The Balaban J connectivity index is 1.51. The lowest BCUT2D eigenvalue weighted by Gasteiger charge is -2.46. The van der Waals surface area contributed by atoms with Crippen molar-refractivity contribution in [1.29, 1.82) is 0 Å². The van der Waals surface area contributed by atoms with Crippen molar-refractivity contribution in [3.63, 3.8) is 0 Å². The van der Waals surface area contributed by atoms with Crippen molar-refractivity contribution in [2.45, 2.75) is 50.4 Å². The van der Waals surface area contributed by atoms with E-state index in [0.717, 1.165) is 11.8 Å². The second kappa shape index (κ2) is 7.01. The maximum Gasteiger partial charge on any atom is 0.255 e. The molecule has 1 aliphatic carbocycles. The van der Waals surface area contributed by atoms with Gasteiger partial charge in [-0.05, 0) is 44.2 Å². The maximum atomic E-state index is 13.2. The van der Waals surface area contributed by atoms with E-state index in [9.17, 15) is 14.3 Å². The van der Waals surface area contributed by atoms with E-state index >= 15 is 0 Å². The number of hydrogen-bond acceptors (Lipinski definition) is 5. The number of hydrogen-bond donors (Lipinski definition) is 1. The zero-order valence-corrected chi connectivity index (χ0v) is 15.2. The molecule has 1 spiro atoms. The zero-order chi connectivity index (χ0) is 19.0. The molecule has 1 atom stereocenters. The number of aliphatic hydroxyl groups excluding tert-OH is 1. The summed E-state index contributed by atoms with van der Waals surface area (Å²) in [6.07, 6.45) is 6.03. The molecule has 0 bridgehead atoms. The van der Waals surface area contributed by atoms with Crippen molar-refractivity contribution >= 4 is 5.91 Å². The van der Waals surface area contributed by atoms with Crippen LogP contribution in [0.1, 0.15) is 44.2 Å². The van der Waals surface area contributed by atoms with Crippen molar-refractivity contribution < 1.29 is 19.0 Å². The summed E-state index contributed by atoms with van der Waals surface area (Å²) < 4.78 is 20.4. The number of nitrogens with zero attached hydrogens (tertiary/aromatic N) is 4. The third-order valence-corrected chi connectivity index (χ3v) is 5.63. The molecule has 27 heavy (non-hydrogen) atoms. The predicted molar refractivity (Wildman–Crippen MR) is 94.6 cm³/mol. The van der Waals surface area contributed by atoms with Crippen molar-refractivity contribution in [3.05, 3.63) is 42.1 Å². The topological polar surface area (TPSA) is 80.5 Å². The van der Waals surface area contributed by atoms with Gasteiger partial charge in [0.05, 0.1) is 31.1 Å². The SMILES string of the molecule is CC(c1ccc(-n2cc(F)cn2)nc1)N1CCOC2(CCC(O)CC2)C1=O.